The van der Waals surface area contributed by atoms with Gasteiger partial charge in [-0.1, -0.05) is 35.9 Å². The molecule has 0 spiro atoms. The van der Waals surface area contributed by atoms with Gasteiger partial charge in [-0.05, 0) is 29.8 Å². The van der Waals surface area contributed by atoms with Crippen LogP contribution in [0.15, 0.2) is 54.7 Å². The molecule has 6 heteroatoms. The fourth-order valence-corrected chi connectivity index (χ4v) is 3.47. The molecule has 1 saturated heterocycles. The Morgan fingerprint density at radius 1 is 1.26 bits per heavy atom. The summed E-state index contributed by atoms with van der Waals surface area (Å²) in [7, 11) is 1.67. The monoisotopic (exact) mass is 383 g/mol. The molecule has 2 heterocycles. The zero-order valence-electron chi connectivity index (χ0n) is 15.2. The van der Waals surface area contributed by atoms with Gasteiger partial charge in [0.25, 0.3) is 0 Å². The molecule has 1 unspecified atom stereocenters. The second-order valence-corrected chi connectivity index (χ2v) is 7.04. The lowest BCUT2D eigenvalue weighted by molar-refractivity contribution is -0.0156. The average Bonchev–Trinajstić information content (AvgIpc) is 3.20. The molecule has 1 aliphatic heterocycles. The lowest BCUT2D eigenvalue weighted by Crippen LogP contribution is -2.39. The maximum Gasteiger partial charge on any atom is 0.126 e. The van der Waals surface area contributed by atoms with Gasteiger partial charge < -0.3 is 14.5 Å². The van der Waals surface area contributed by atoms with Crippen LogP contribution in [0.5, 0.6) is 5.75 Å². The number of hydrogen-bond donors (Lipinski definition) is 1. The summed E-state index contributed by atoms with van der Waals surface area (Å²) in [5.74, 6) is 1.75. The Kier molecular flexibility index (Phi) is 5.43. The van der Waals surface area contributed by atoms with Gasteiger partial charge in [0.15, 0.2) is 0 Å². The van der Waals surface area contributed by atoms with E-state index in [1.807, 2.05) is 42.6 Å². The zero-order valence-corrected chi connectivity index (χ0v) is 15.9. The minimum Gasteiger partial charge on any atom is -0.497 e. The molecule has 3 aromatic rings. The molecule has 1 fully saturated rings. The first-order valence-electron chi connectivity index (χ1n) is 8.98. The van der Waals surface area contributed by atoms with Crippen LogP contribution in [-0.2, 0) is 11.3 Å². The average molecular weight is 384 g/mol. The van der Waals surface area contributed by atoms with E-state index in [0.717, 1.165) is 47.6 Å². The minimum absolute atomic E-state index is 0.0915. The Labute approximate surface area is 163 Å². The van der Waals surface area contributed by atoms with Crippen molar-refractivity contribution in [1.82, 2.24) is 14.9 Å². The Morgan fingerprint density at radius 2 is 2.11 bits per heavy atom. The first kappa shape index (κ1) is 18.0. The summed E-state index contributed by atoms with van der Waals surface area (Å²) in [6.07, 6.45) is 1.87. The first-order valence-corrected chi connectivity index (χ1v) is 9.36. The third-order valence-corrected chi connectivity index (χ3v) is 5.08. The summed E-state index contributed by atoms with van der Waals surface area (Å²) in [6, 6.07) is 16.0. The van der Waals surface area contributed by atoms with Crippen LogP contribution < -0.4 is 4.74 Å². The number of aromatic amines is 1. The predicted octanol–water partition coefficient (Wildman–Crippen LogP) is 4.31. The lowest BCUT2D eigenvalue weighted by Gasteiger charge is -2.34. The number of imidazole rings is 1. The molecule has 140 valence electrons. The SMILES string of the molecule is COc1cccc(-c2cnc(C3COCCN3Cc3ccc(Cl)cc3)[nH]2)c1. The molecule has 1 atom stereocenters. The molecule has 0 amide bonds. The van der Waals surface area contributed by atoms with Gasteiger partial charge in [-0.25, -0.2) is 4.98 Å². The van der Waals surface area contributed by atoms with Crippen LogP contribution in [0.4, 0.5) is 0 Å². The third-order valence-electron chi connectivity index (χ3n) is 4.83. The van der Waals surface area contributed by atoms with E-state index in [0.29, 0.717) is 6.61 Å². The Hall–Kier alpha value is -2.34. The van der Waals surface area contributed by atoms with E-state index in [-0.39, 0.29) is 6.04 Å². The van der Waals surface area contributed by atoms with Gasteiger partial charge in [-0.3, -0.25) is 4.90 Å². The quantitative estimate of drug-likeness (QED) is 0.713. The van der Waals surface area contributed by atoms with Crippen molar-refractivity contribution in [2.75, 3.05) is 26.9 Å². The van der Waals surface area contributed by atoms with Crippen LogP contribution in [0.2, 0.25) is 5.02 Å². The largest absolute Gasteiger partial charge is 0.497 e. The predicted molar refractivity (Wildman–Crippen MR) is 106 cm³/mol. The summed E-state index contributed by atoms with van der Waals surface area (Å²) in [4.78, 5) is 10.5. The van der Waals surface area contributed by atoms with Crippen molar-refractivity contribution in [1.29, 1.82) is 0 Å². The Morgan fingerprint density at radius 3 is 2.93 bits per heavy atom. The van der Waals surface area contributed by atoms with Gasteiger partial charge >= 0.3 is 0 Å². The van der Waals surface area contributed by atoms with Gasteiger partial charge in [0.05, 0.1) is 38.3 Å². The lowest BCUT2D eigenvalue weighted by atomic mass is 10.1. The molecule has 1 N–H and O–H groups in total. The van der Waals surface area contributed by atoms with E-state index in [9.17, 15) is 0 Å². The minimum atomic E-state index is 0.0915. The van der Waals surface area contributed by atoms with Gasteiger partial charge in [-0.15, -0.1) is 0 Å². The number of halogens is 1. The standard InChI is InChI=1S/C21H22ClN3O2/c1-26-18-4-2-3-16(11-18)19-12-23-21(24-19)20-14-27-10-9-25(20)13-15-5-7-17(22)8-6-15/h2-8,11-12,20H,9-10,13-14H2,1H3,(H,23,24). The van der Waals surface area contributed by atoms with Crippen molar-refractivity contribution >= 4 is 11.6 Å². The van der Waals surface area contributed by atoms with E-state index in [1.54, 1.807) is 7.11 Å². The Bertz CT molecular complexity index is 894. The normalized spacial score (nSPS) is 17.8. The van der Waals surface area contributed by atoms with E-state index in [2.05, 4.69) is 27.0 Å². The fraction of sp³-hybridized carbons (Fsp3) is 0.286. The molecular weight excluding hydrogens is 362 g/mol. The van der Waals surface area contributed by atoms with Crippen molar-refractivity contribution in [3.05, 3.63) is 71.1 Å². The highest BCUT2D eigenvalue weighted by atomic mass is 35.5. The molecule has 1 aromatic heterocycles. The molecule has 27 heavy (non-hydrogen) atoms. The zero-order chi connectivity index (χ0) is 18.6. The summed E-state index contributed by atoms with van der Waals surface area (Å²) in [5, 5.41) is 0.756. The van der Waals surface area contributed by atoms with Gasteiger partial charge in [-0.2, -0.15) is 0 Å². The number of nitrogens with zero attached hydrogens (tertiary/aromatic N) is 2. The van der Waals surface area contributed by atoms with Crippen LogP contribution in [0.25, 0.3) is 11.3 Å². The van der Waals surface area contributed by atoms with E-state index >= 15 is 0 Å². The van der Waals surface area contributed by atoms with Crippen molar-refractivity contribution in [2.45, 2.75) is 12.6 Å². The van der Waals surface area contributed by atoms with Crippen LogP contribution >= 0.6 is 11.6 Å². The first-order chi connectivity index (χ1) is 13.2. The number of aromatic nitrogens is 2. The summed E-state index contributed by atoms with van der Waals surface area (Å²) in [5.41, 5.74) is 3.25. The van der Waals surface area contributed by atoms with Crippen molar-refractivity contribution in [2.24, 2.45) is 0 Å². The van der Waals surface area contributed by atoms with Crippen molar-refractivity contribution in [3.8, 4) is 17.0 Å². The maximum absolute atomic E-state index is 6.00. The van der Waals surface area contributed by atoms with E-state index in [4.69, 9.17) is 21.1 Å². The number of morpholine rings is 1. The highest BCUT2D eigenvalue weighted by molar-refractivity contribution is 6.30. The number of rotatable bonds is 5. The van der Waals surface area contributed by atoms with Crippen LogP contribution in [0.1, 0.15) is 17.4 Å². The second-order valence-electron chi connectivity index (χ2n) is 6.60. The summed E-state index contributed by atoms with van der Waals surface area (Å²) < 4.78 is 11.1. The number of benzene rings is 2. The van der Waals surface area contributed by atoms with Gasteiger partial charge in [0.2, 0.25) is 0 Å². The smallest absolute Gasteiger partial charge is 0.126 e. The molecular formula is C21H22ClN3O2. The third kappa shape index (κ3) is 4.16. The molecule has 4 rings (SSSR count). The van der Waals surface area contributed by atoms with Crippen molar-refractivity contribution in [3.63, 3.8) is 0 Å². The van der Waals surface area contributed by atoms with E-state index < -0.39 is 0 Å². The number of nitrogens with one attached hydrogen (secondary N) is 1. The number of H-pyrrole nitrogens is 1. The van der Waals surface area contributed by atoms with Crippen LogP contribution in [0.3, 0.4) is 0 Å². The van der Waals surface area contributed by atoms with Crippen molar-refractivity contribution < 1.29 is 9.47 Å². The number of ether oxygens (including phenoxy) is 2. The van der Waals surface area contributed by atoms with E-state index in [1.165, 1.54) is 5.56 Å². The fourth-order valence-electron chi connectivity index (χ4n) is 3.35. The topological polar surface area (TPSA) is 50.4 Å². The highest BCUT2D eigenvalue weighted by Gasteiger charge is 2.27. The van der Waals surface area contributed by atoms with Gasteiger partial charge in [0, 0.05) is 23.7 Å². The van der Waals surface area contributed by atoms with Gasteiger partial charge in [0.1, 0.15) is 11.6 Å². The molecule has 0 saturated carbocycles. The molecule has 0 aliphatic carbocycles. The summed E-state index contributed by atoms with van der Waals surface area (Å²) in [6.45, 7) is 3.05. The maximum atomic E-state index is 6.00. The van der Waals surface area contributed by atoms with Crippen LogP contribution in [-0.4, -0.2) is 41.7 Å². The highest BCUT2D eigenvalue weighted by Crippen LogP contribution is 2.28. The number of methoxy groups -OCH3 is 1. The molecule has 5 nitrogen and oxygen atoms in total. The van der Waals surface area contributed by atoms with Crippen LogP contribution in [0, 0.1) is 0 Å². The molecule has 1 aliphatic rings. The summed E-state index contributed by atoms with van der Waals surface area (Å²) >= 11 is 6.00. The molecule has 2 aromatic carbocycles. The molecule has 0 bridgehead atoms. The number of hydrogen-bond acceptors (Lipinski definition) is 4. The Balaban J connectivity index is 1.55. The second kappa shape index (κ2) is 8.13. The molecule has 0 radical (unpaired) electrons.